The first-order valence-corrected chi connectivity index (χ1v) is 7.38. The van der Waals surface area contributed by atoms with E-state index in [9.17, 15) is 9.18 Å². The Balaban J connectivity index is 1.61. The standard InChI is InChI=1S/C16H22FNO3/c17-16(8-10-18(11-9-16)15(19)20)7-4-12-21-13-14-5-2-1-3-6-14/h1-3,5-6H,4,7-13H2,(H,19,20). The van der Waals surface area contributed by atoms with Crippen LogP contribution in [0.5, 0.6) is 0 Å². The average molecular weight is 295 g/mol. The van der Waals surface area contributed by atoms with Gasteiger partial charge >= 0.3 is 6.09 Å². The van der Waals surface area contributed by atoms with Crippen molar-refractivity contribution >= 4 is 6.09 Å². The predicted octanol–water partition coefficient (Wildman–Crippen LogP) is 3.47. The van der Waals surface area contributed by atoms with Crippen molar-refractivity contribution in [1.82, 2.24) is 4.90 Å². The van der Waals surface area contributed by atoms with Crippen LogP contribution in [-0.2, 0) is 11.3 Å². The highest BCUT2D eigenvalue weighted by molar-refractivity contribution is 5.65. The Bertz CT molecular complexity index is 444. The number of alkyl halides is 1. The Kier molecular flexibility index (Phi) is 5.56. The Morgan fingerprint density at radius 1 is 1.29 bits per heavy atom. The van der Waals surface area contributed by atoms with Crippen molar-refractivity contribution in [2.75, 3.05) is 19.7 Å². The van der Waals surface area contributed by atoms with Gasteiger partial charge in [0.15, 0.2) is 0 Å². The number of hydrogen-bond donors (Lipinski definition) is 1. The lowest BCUT2D eigenvalue weighted by molar-refractivity contribution is 0.0378. The molecule has 0 aromatic heterocycles. The van der Waals surface area contributed by atoms with Crippen LogP contribution in [0.3, 0.4) is 0 Å². The minimum absolute atomic E-state index is 0.288. The zero-order valence-electron chi connectivity index (χ0n) is 12.1. The smallest absolute Gasteiger partial charge is 0.407 e. The Morgan fingerprint density at radius 3 is 2.57 bits per heavy atom. The molecule has 1 aromatic rings. The van der Waals surface area contributed by atoms with E-state index >= 15 is 0 Å². The lowest BCUT2D eigenvalue weighted by Crippen LogP contribution is -2.44. The molecule has 1 fully saturated rings. The molecule has 0 radical (unpaired) electrons. The number of rotatable bonds is 6. The first kappa shape index (κ1) is 15.8. The number of amides is 1. The molecule has 2 rings (SSSR count). The fourth-order valence-electron chi connectivity index (χ4n) is 2.60. The Labute approximate surface area is 124 Å². The SMILES string of the molecule is O=C(O)N1CCC(F)(CCCOCc2ccccc2)CC1. The van der Waals surface area contributed by atoms with Gasteiger partial charge in [-0.3, -0.25) is 0 Å². The molecule has 1 saturated heterocycles. The highest BCUT2D eigenvalue weighted by Crippen LogP contribution is 2.31. The van der Waals surface area contributed by atoms with E-state index in [1.165, 1.54) is 4.90 Å². The van der Waals surface area contributed by atoms with Gasteiger partial charge in [0.2, 0.25) is 0 Å². The summed E-state index contributed by atoms with van der Waals surface area (Å²) in [4.78, 5) is 12.1. The van der Waals surface area contributed by atoms with Crippen LogP contribution in [0.25, 0.3) is 0 Å². The maximum absolute atomic E-state index is 14.5. The summed E-state index contributed by atoms with van der Waals surface area (Å²) in [6, 6.07) is 9.88. The largest absolute Gasteiger partial charge is 0.465 e. The van der Waals surface area contributed by atoms with E-state index in [2.05, 4.69) is 0 Å². The predicted molar refractivity (Wildman–Crippen MR) is 78.0 cm³/mol. The summed E-state index contributed by atoms with van der Waals surface area (Å²) in [7, 11) is 0. The summed E-state index contributed by atoms with van der Waals surface area (Å²) in [5, 5.41) is 8.85. The fraction of sp³-hybridized carbons (Fsp3) is 0.562. The third-order valence-electron chi connectivity index (χ3n) is 3.96. The van der Waals surface area contributed by atoms with Crippen molar-refractivity contribution in [1.29, 1.82) is 0 Å². The van der Waals surface area contributed by atoms with E-state index in [0.29, 0.717) is 26.1 Å². The lowest BCUT2D eigenvalue weighted by atomic mass is 9.89. The van der Waals surface area contributed by atoms with Gasteiger partial charge in [-0.2, -0.15) is 0 Å². The molecule has 4 nitrogen and oxygen atoms in total. The van der Waals surface area contributed by atoms with Gasteiger partial charge in [-0.15, -0.1) is 0 Å². The van der Waals surface area contributed by atoms with E-state index in [1.54, 1.807) is 0 Å². The van der Waals surface area contributed by atoms with Gasteiger partial charge in [-0.05, 0) is 31.2 Å². The molecule has 1 amide bonds. The van der Waals surface area contributed by atoms with E-state index < -0.39 is 11.8 Å². The van der Waals surface area contributed by atoms with E-state index in [4.69, 9.17) is 9.84 Å². The van der Waals surface area contributed by atoms with Crippen LogP contribution in [0.2, 0.25) is 0 Å². The molecule has 1 aliphatic rings. The van der Waals surface area contributed by atoms with Crippen molar-refractivity contribution < 1.29 is 19.0 Å². The molecule has 5 heteroatoms. The summed E-state index contributed by atoms with van der Waals surface area (Å²) in [6.07, 6.45) is 0.727. The molecular weight excluding hydrogens is 273 g/mol. The zero-order valence-corrected chi connectivity index (χ0v) is 12.1. The van der Waals surface area contributed by atoms with Crippen LogP contribution in [0.15, 0.2) is 30.3 Å². The molecule has 0 spiro atoms. The number of ether oxygens (including phenoxy) is 1. The summed E-state index contributed by atoms with van der Waals surface area (Å²) in [6.45, 7) is 1.66. The molecule has 116 valence electrons. The first-order chi connectivity index (χ1) is 10.1. The Hall–Kier alpha value is -1.62. The maximum Gasteiger partial charge on any atom is 0.407 e. The van der Waals surface area contributed by atoms with Gasteiger partial charge in [-0.1, -0.05) is 30.3 Å². The molecule has 21 heavy (non-hydrogen) atoms. The number of halogens is 1. The van der Waals surface area contributed by atoms with Crippen molar-refractivity contribution in [2.24, 2.45) is 0 Å². The summed E-state index contributed by atoms with van der Waals surface area (Å²) >= 11 is 0. The fourth-order valence-corrected chi connectivity index (χ4v) is 2.60. The molecule has 0 atom stereocenters. The van der Waals surface area contributed by atoms with E-state index in [1.807, 2.05) is 30.3 Å². The number of carboxylic acid groups (broad SMARTS) is 1. The maximum atomic E-state index is 14.5. The third-order valence-corrected chi connectivity index (χ3v) is 3.96. The number of nitrogens with zero attached hydrogens (tertiary/aromatic N) is 1. The normalized spacial score (nSPS) is 17.7. The van der Waals surface area contributed by atoms with Crippen LogP contribution in [0, 0.1) is 0 Å². The molecule has 0 aliphatic carbocycles. The van der Waals surface area contributed by atoms with Crippen LogP contribution >= 0.6 is 0 Å². The Morgan fingerprint density at radius 2 is 1.95 bits per heavy atom. The van der Waals surface area contributed by atoms with Gasteiger partial charge in [0.25, 0.3) is 0 Å². The zero-order chi connectivity index (χ0) is 15.1. The van der Waals surface area contributed by atoms with Gasteiger partial charge in [0.1, 0.15) is 5.67 Å². The van der Waals surface area contributed by atoms with Gasteiger partial charge in [-0.25, -0.2) is 9.18 Å². The monoisotopic (exact) mass is 295 g/mol. The molecule has 0 saturated carbocycles. The van der Waals surface area contributed by atoms with Crippen molar-refractivity contribution in [3.05, 3.63) is 35.9 Å². The van der Waals surface area contributed by atoms with Crippen LogP contribution in [0.4, 0.5) is 9.18 Å². The number of piperidine rings is 1. The van der Waals surface area contributed by atoms with Crippen LogP contribution in [-0.4, -0.2) is 41.5 Å². The lowest BCUT2D eigenvalue weighted by Gasteiger charge is -2.35. The molecule has 0 bridgehead atoms. The topological polar surface area (TPSA) is 49.8 Å². The summed E-state index contributed by atoms with van der Waals surface area (Å²) < 4.78 is 20.0. The second-order valence-electron chi connectivity index (χ2n) is 5.56. The van der Waals surface area contributed by atoms with E-state index in [0.717, 1.165) is 5.56 Å². The van der Waals surface area contributed by atoms with Crippen LogP contribution < -0.4 is 0 Å². The highest BCUT2D eigenvalue weighted by atomic mass is 19.1. The minimum Gasteiger partial charge on any atom is -0.465 e. The summed E-state index contributed by atoms with van der Waals surface area (Å²) in [5.41, 5.74) is -0.121. The van der Waals surface area contributed by atoms with Crippen molar-refractivity contribution in [3.63, 3.8) is 0 Å². The molecule has 1 aliphatic heterocycles. The van der Waals surface area contributed by atoms with Crippen LogP contribution in [0.1, 0.15) is 31.2 Å². The van der Waals surface area contributed by atoms with Gasteiger partial charge in [0, 0.05) is 19.7 Å². The van der Waals surface area contributed by atoms with Crippen molar-refractivity contribution in [2.45, 2.75) is 38.0 Å². The number of hydrogen-bond acceptors (Lipinski definition) is 2. The summed E-state index contributed by atoms with van der Waals surface area (Å²) in [5.74, 6) is 0. The molecule has 1 N–H and O–H groups in total. The van der Waals surface area contributed by atoms with E-state index in [-0.39, 0.29) is 25.9 Å². The highest BCUT2D eigenvalue weighted by Gasteiger charge is 2.35. The van der Waals surface area contributed by atoms with Gasteiger partial charge in [0.05, 0.1) is 6.61 Å². The number of benzene rings is 1. The number of carbonyl (C=O) groups is 1. The molecule has 1 heterocycles. The molecular formula is C16H22FNO3. The quantitative estimate of drug-likeness (QED) is 0.818. The first-order valence-electron chi connectivity index (χ1n) is 7.38. The van der Waals surface area contributed by atoms with Gasteiger partial charge < -0.3 is 14.7 Å². The minimum atomic E-state index is -1.23. The number of likely N-dealkylation sites (tertiary alicyclic amines) is 1. The molecule has 0 unspecified atom stereocenters. The molecule has 1 aromatic carbocycles. The average Bonchev–Trinajstić information content (AvgIpc) is 2.48. The van der Waals surface area contributed by atoms with Crippen molar-refractivity contribution in [3.8, 4) is 0 Å². The third kappa shape index (κ3) is 5.01. The second-order valence-corrected chi connectivity index (χ2v) is 5.56. The second kappa shape index (κ2) is 7.41.